The summed E-state index contributed by atoms with van der Waals surface area (Å²) in [6.45, 7) is 2.86. The van der Waals surface area contributed by atoms with Crippen LogP contribution in [-0.4, -0.2) is 42.4 Å². The van der Waals surface area contributed by atoms with Crippen molar-refractivity contribution >= 4 is 17.7 Å². The Kier molecular flexibility index (Phi) is 5.37. The lowest BCUT2D eigenvalue weighted by atomic mass is 9.71. The molecule has 0 radical (unpaired) electrons. The summed E-state index contributed by atoms with van der Waals surface area (Å²) in [5, 5.41) is 4.10. The van der Waals surface area contributed by atoms with Gasteiger partial charge in [-0.1, -0.05) is 23.7 Å². The first-order chi connectivity index (χ1) is 13.5. The van der Waals surface area contributed by atoms with Crippen LogP contribution in [0.15, 0.2) is 42.1 Å². The molecule has 3 aliphatic rings. The number of nitrogens with one attached hydrogen (secondary N) is 1. The van der Waals surface area contributed by atoms with Crippen LogP contribution in [0.25, 0.3) is 0 Å². The van der Waals surface area contributed by atoms with Gasteiger partial charge in [0.25, 0.3) is 0 Å². The number of amides is 1. The van der Waals surface area contributed by atoms with Crippen molar-refractivity contribution < 1.29 is 13.9 Å². The molecule has 0 spiro atoms. The molecule has 1 fully saturated rings. The number of hydrogen-bond acceptors (Lipinski definition) is 3. The smallest absolute Gasteiger partial charge is 0.409 e. The first kappa shape index (κ1) is 19.3. The normalized spacial score (nSPS) is 25.7. The number of likely N-dealkylation sites (tertiary alicyclic amines) is 1. The van der Waals surface area contributed by atoms with Gasteiger partial charge in [0.15, 0.2) is 0 Å². The fraction of sp³-hybridized carbons (Fsp3) is 0.500. The van der Waals surface area contributed by atoms with Crippen LogP contribution in [0.1, 0.15) is 43.2 Å². The zero-order chi connectivity index (χ0) is 19.7. The topological polar surface area (TPSA) is 41.6 Å². The highest BCUT2D eigenvalue weighted by Gasteiger charge is 2.49. The summed E-state index contributed by atoms with van der Waals surface area (Å²) in [5.41, 5.74) is 1.98. The van der Waals surface area contributed by atoms with Gasteiger partial charge in [-0.15, -0.1) is 0 Å². The van der Waals surface area contributed by atoms with Gasteiger partial charge in [-0.3, -0.25) is 0 Å². The molecule has 2 atom stereocenters. The van der Waals surface area contributed by atoms with E-state index in [1.165, 1.54) is 5.57 Å². The standard InChI is InChI=1S/C22H26ClFN2O2/c1-2-28-21(27)26-12-9-22(24,10-13-26)19-18-8-7-17(23)14-16(18)6-5-15-4-3-11-25-20(15)19/h3-4,7-8,11,14,19-20,25H,2,5-6,9-10,12-13H2,1H3. The number of benzene rings is 1. The van der Waals surface area contributed by atoms with Gasteiger partial charge >= 0.3 is 6.09 Å². The molecule has 1 amide bonds. The minimum atomic E-state index is -1.40. The third-order valence-electron chi connectivity index (χ3n) is 6.22. The molecular formula is C22H26ClFN2O2. The molecule has 0 bridgehead atoms. The summed E-state index contributed by atoms with van der Waals surface area (Å²) in [7, 11) is 0. The Hall–Kier alpha value is -2.01. The van der Waals surface area contributed by atoms with Crippen molar-refractivity contribution in [2.24, 2.45) is 0 Å². The maximum absolute atomic E-state index is 16.5. The summed E-state index contributed by atoms with van der Waals surface area (Å²) in [4.78, 5) is 13.7. The number of ether oxygens (including phenoxy) is 1. The number of aryl methyl sites for hydroxylation is 1. The SMILES string of the molecule is CCOC(=O)N1CCC(F)(C2c3ccc(Cl)cc3CCC3=CC=CNC32)CC1. The molecule has 0 saturated carbocycles. The Morgan fingerprint density at radius 2 is 2.14 bits per heavy atom. The lowest BCUT2D eigenvalue weighted by Crippen LogP contribution is -2.52. The average Bonchev–Trinajstić information content (AvgIpc) is 2.85. The summed E-state index contributed by atoms with van der Waals surface area (Å²) < 4.78 is 21.6. The van der Waals surface area contributed by atoms with Crippen molar-refractivity contribution in [3.05, 3.63) is 58.3 Å². The van der Waals surface area contributed by atoms with Crippen molar-refractivity contribution in [3.8, 4) is 0 Å². The highest BCUT2D eigenvalue weighted by atomic mass is 35.5. The van der Waals surface area contributed by atoms with Crippen molar-refractivity contribution in [1.82, 2.24) is 10.2 Å². The largest absolute Gasteiger partial charge is 0.450 e. The van der Waals surface area contributed by atoms with Gasteiger partial charge in [0.2, 0.25) is 0 Å². The van der Waals surface area contributed by atoms with Crippen LogP contribution in [0.2, 0.25) is 5.02 Å². The summed E-state index contributed by atoms with van der Waals surface area (Å²) >= 11 is 6.24. The first-order valence-electron chi connectivity index (χ1n) is 10.0. The third-order valence-corrected chi connectivity index (χ3v) is 6.45. The zero-order valence-electron chi connectivity index (χ0n) is 16.1. The molecule has 28 heavy (non-hydrogen) atoms. The van der Waals surface area contributed by atoms with Crippen LogP contribution in [0.4, 0.5) is 9.18 Å². The number of alkyl halides is 1. The van der Waals surface area contributed by atoms with Gasteiger partial charge in [0, 0.05) is 24.0 Å². The van der Waals surface area contributed by atoms with Crippen molar-refractivity contribution in [2.45, 2.75) is 50.2 Å². The van der Waals surface area contributed by atoms with Gasteiger partial charge in [0.05, 0.1) is 12.6 Å². The van der Waals surface area contributed by atoms with Crippen molar-refractivity contribution in [1.29, 1.82) is 0 Å². The lowest BCUT2D eigenvalue weighted by molar-refractivity contribution is 0.0225. The van der Waals surface area contributed by atoms with Crippen LogP contribution in [0.5, 0.6) is 0 Å². The Balaban J connectivity index is 1.67. The quantitative estimate of drug-likeness (QED) is 0.773. The number of carbonyl (C=O) groups is 1. The predicted molar refractivity (Wildman–Crippen MR) is 108 cm³/mol. The third kappa shape index (κ3) is 3.52. The van der Waals surface area contributed by atoms with Gasteiger partial charge in [-0.25, -0.2) is 9.18 Å². The molecule has 1 N–H and O–H groups in total. The molecule has 1 aliphatic carbocycles. The number of carbonyl (C=O) groups excluding carboxylic acids is 1. The Bertz CT molecular complexity index is 815. The minimum absolute atomic E-state index is 0.0773. The number of hydrogen-bond donors (Lipinski definition) is 1. The predicted octanol–water partition coefficient (Wildman–Crippen LogP) is 4.74. The molecule has 0 aromatic heterocycles. The zero-order valence-corrected chi connectivity index (χ0v) is 16.8. The maximum Gasteiger partial charge on any atom is 0.409 e. The van der Waals surface area contributed by atoms with E-state index in [0.29, 0.717) is 37.6 Å². The number of piperidine rings is 1. The van der Waals surface area contributed by atoms with Crippen molar-refractivity contribution in [2.75, 3.05) is 19.7 Å². The number of rotatable bonds is 2. The lowest BCUT2D eigenvalue weighted by Gasteiger charge is -2.44. The molecule has 1 aromatic rings. The van der Waals surface area contributed by atoms with E-state index in [2.05, 4.69) is 11.4 Å². The van der Waals surface area contributed by atoms with E-state index in [9.17, 15) is 4.79 Å². The second kappa shape index (κ2) is 7.78. The number of halogens is 2. The van der Waals surface area contributed by atoms with Gasteiger partial charge in [-0.2, -0.15) is 0 Å². The van der Waals surface area contributed by atoms with Crippen LogP contribution in [0.3, 0.4) is 0 Å². The molecule has 4 rings (SSSR count). The van der Waals surface area contributed by atoms with E-state index in [4.69, 9.17) is 16.3 Å². The second-order valence-corrected chi connectivity index (χ2v) is 8.22. The van der Waals surface area contributed by atoms with Gasteiger partial charge in [0.1, 0.15) is 5.67 Å². The van der Waals surface area contributed by atoms with Crippen molar-refractivity contribution in [3.63, 3.8) is 0 Å². The fourth-order valence-electron chi connectivity index (χ4n) is 4.81. The molecule has 6 heteroatoms. The van der Waals surface area contributed by atoms with Crippen LogP contribution in [-0.2, 0) is 11.2 Å². The molecule has 2 unspecified atom stereocenters. The molecule has 1 aromatic carbocycles. The molecule has 1 saturated heterocycles. The van der Waals surface area contributed by atoms with E-state index in [-0.39, 0.29) is 18.1 Å². The highest BCUT2D eigenvalue weighted by Crippen LogP contribution is 2.48. The van der Waals surface area contributed by atoms with E-state index in [1.54, 1.807) is 11.8 Å². The Labute approximate surface area is 170 Å². The molecule has 2 aliphatic heterocycles. The fourth-order valence-corrected chi connectivity index (χ4v) is 5.00. The average molecular weight is 405 g/mol. The van der Waals surface area contributed by atoms with Gasteiger partial charge in [-0.05, 0) is 73.7 Å². The molecule has 4 nitrogen and oxygen atoms in total. The molecule has 150 valence electrons. The summed E-state index contributed by atoms with van der Waals surface area (Å²) in [6, 6.07) is 5.75. The van der Waals surface area contributed by atoms with Gasteiger partial charge < -0.3 is 15.0 Å². The monoisotopic (exact) mass is 404 g/mol. The number of nitrogens with zero attached hydrogens (tertiary/aromatic N) is 1. The second-order valence-electron chi connectivity index (χ2n) is 7.79. The summed E-state index contributed by atoms with van der Waals surface area (Å²) in [5.74, 6) is -0.317. The summed E-state index contributed by atoms with van der Waals surface area (Å²) in [6.07, 6.45) is 7.99. The Morgan fingerprint density at radius 3 is 2.89 bits per heavy atom. The first-order valence-corrected chi connectivity index (χ1v) is 10.4. The van der Waals surface area contributed by atoms with Crippen LogP contribution >= 0.6 is 11.6 Å². The Morgan fingerprint density at radius 1 is 1.36 bits per heavy atom. The number of fused-ring (bicyclic) bond motifs is 2. The maximum atomic E-state index is 16.5. The highest BCUT2D eigenvalue weighted by molar-refractivity contribution is 6.30. The van der Waals surface area contributed by atoms with E-state index in [0.717, 1.165) is 24.0 Å². The number of allylic oxidation sites excluding steroid dienone is 2. The van der Waals surface area contributed by atoms with Crippen LogP contribution in [0, 0.1) is 0 Å². The number of dihydropyridines is 1. The molecule has 2 heterocycles. The molecular weight excluding hydrogens is 379 g/mol. The minimum Gasteiger partial charge on any atom is -0.450 e. The van der Waals surface area contributed by atoms with Crippen LogP contribution < -0.4 is 5.32 Å². The van der Waals surface area contributed by atoms with E-state index >= 15 is 4.39 Å². The van der Waals surface area contributed by atoms with E-state index in [1.807, 2.05) is 30.5 Å². The van der Waals surface area contributed by atoms with E-state index < -0.39 is 5.67 Å².